The number of benzene rings is 2. The van der Waals surface area contributed by atoms with Crippen LogP contribution in [-0.4, -0.2) is 17.0 Å². The largest absolute Gasteiger partial charge is 0.478 e. The van der Waals surface area contributed by atoms with Crippen molar-refractivity contribution in [2.75, 3.05) is 0 Å². The van der Waals surface area contributed by atoms with Crippen molar-refractivity contribution in [2.24, 2.45) is 0 Å². The van der Waals surface area contributed by atoms with Gasteiger partial charge in [0.05, 0.1) is 16.1 Å². The second kappa shape index (κ2) is 6.21. The van der Waals surface area contributed by atoms with E-state index in [0.29, 0.717) is 0 Å². The van der Waals surface area contributed by atoms with Crippen LogP contribution in [0.5, 0.6) is 0 Å². The second-order valence-electron chi connectivity index (χ2n) is 4.06. The number of esters is 1. The van der Waals surface area contributed by atoms with Gasteiger partial charge in [-0.05, 0) is 23.8 Å². The van der Waals surface area contributed by atoms with Gasteiger partial charge in [0.15, 0.2) is 0 Å². The van der Waals surface area contributed by atoms with Crippen molar-refractivity contribution < 1.29 is 19.4 Å². The van der Waals surface area contributed by atoms with Gasteiger partial charge in [0.2, 0.25) is 0 Å². The summed E-state index contributed by atoms with van der Waals surface area (Å²) in [6, 6.07) is 13.1. The lowest BCUT2D eigenvalue weighted by atomic mass is 10.1. The minimum atomic E-state index is -1.13. The Morgan fingerprint density at radius 1 is 1.10 bits per heavy atom. The third-order valence-electron chi connectivity index (χ3n) is 2.65. The van der Waals surface area contributed by atoms with Crippen molar-refractivity contribution in [3.8, 4) is 0 Å². The summed E-state index contributed by atoms with van der Waals surface area (Å²) >= 11 is 5.88. The van der Waals surface area contributed by atoms with Gasteiger partial charge in [0, 0.05) is 0 Å². The molecule has 0 saturated carbocycles. The number of carboxylic acid groups (broad SMARTS) is 1. The lowest BCUT2D eigenvalue weighted by Crippen LogP contribution is -2.08. The molecule has 2 aromatic rings. The molecule has 1 N–H and O–H groups in total. The number of hydrogen-bond donors (Lipinski definition) is 1. The number of carbonyl (C=O) groups is 2. The fraction of sp³-hybridized carbons (Fsp3) is 0.0667. The number of halogens is 1. The maximum atomic E-state index is 11.9. The summed E-state index contributed by atoms with van der Waals surface area (Å²) in [6.45, 7) is 0.104. The summed E-state index contributed by atoms with van der Waals surface area (Å²) < 4.78 is 5.11. The van der Waals surface area contributed by atoms with Crippen LogP contribution in [0.25, 0.3) is 0 Å². The Labute approximate surface area is 120 Å². The lowest BCUT2D eigenvalue weighted by Gasteiger charge is -2.07. The zero-order valence-corrected chi connectivity index (χ0v) is 11.1. The van der Waals surface area contributed by atoms with Crippen molar-refractivity contribution in [3.05, 3.63) is 70.2 Å². The highest BCUT2D eigenvalue weighted by atomic mass is 35.5. The Morgan fingerprint density at radius 2 is 1.80 bits per heavy atom. The van der Waals surface area contributed by atoms with Crippen molar-refractivity contribution in [1.29, 1.82) is 0 Å². The first kappa shape index (κ1) is 14.1. The van der Waals surface area contributed by atoms with E-state index in [2.05, 4.69) is 0 Å². The van der Waals surface area contributed by atoms with E-state index in [1.165, 1.54) is 18.2 Å². The Bertz CT molecular complexity index is 638. The van der Waals surface area contributed by atoms with Gasteiger partial charge in [0.25, 0.3) is 0 Å². The van der Waals surface area contributed by atoms with Crippen LogP contribution in [0.1, 0.15) is 26.3 Å². The first-order valence-corrected chi connectivity index (χ1v) is 6.19. The molecule has 0 spiro atoms. The standard InChI is InChI=1S/C15H11ClO4/c16-13-7-6-11(14(17)18)8-12(13)15(19)20-9-10-4-2-1-3-5-10/h1-8H,9H2,(H,17,18). The number of carboxylic acids is 1. The Balaban J connectivity index is 2.13. The van der Waals surface area contributed by atoms with Gasteiger partial charge < -0.3 is 9.84 Å². The number of carbonyl (C=O) groups excluding carboxylic acids is 1. The quantitative estimate of drug-likeness (QED) is 0.877. The molecule has 0 aliphatic carbocycles. The molecule has 0 amide bonds. The summed E-state index contributed by atoms with van der Waals surface area (Å²) in [5.74, 6) is -1.78. The fourth-order valence-corrected chi connectivity index (χ4v) is 1.81. The van der Waals surface area contributed by atoms with E-state index in [1.807, 2.05) is 30.3 Å². The second-order valence-corrected chi connectivity index (χ2v) is 4.47. The molecule has 102 valence electrons. The molecule has 0 radical (unpaired) electrons. The van der Waals surface area contributed by atoms with E-state index in [0.717, 1.165) is 5.56 Å². The van der Waals surface area contributed by atoms with Gasteiger partial charge in [-0.25, -0.2) is 9.59 Å². The van der Waals surface area contributed by atoms with E-state index in [-0.39, 0.29) is 22.8 Å². The molecule has 0 atom stereocenters. The maximum absolute atomic E-state index is 11.9. The van der Waals surface area contributed by atoms with Crippen molar-refractivity contribution >= 4 is 23.5 Å². The molecule has 20 heavy (non-hydrogen) atoms. The van der Waals surface area contributed by atoms with Crippen LogP contribution >= 0.6 is 11.6 Å². The summed E-state index contributed by atoms with van der Waals surface area (Å²) in [4.78, 5) is 22.8. The molecule has 5 heteroatoms. The molecule has 0 aromatic heterocycles. The van der Waals surface area contributed by atoms with Gasteiger partial charge in [-0.15, -0.1) is 0 Å². The van der Waals surface area contributed by atoms with Crippen molar-refractivity contribution in [2.45, 2.75) is 6.61 Å². The predicted molar refractivity (Wildman–Crippen MR) is 74.0 cm³/mol. The first-order valence-electron chi connectivity index (χ1n) is 5.82. The van der Waals surface area contributed by atoms with Gasteiger partial charge in [-0.1, -0.05) is 41.9 Å². The number of ether oxygens (including phenoxy) is 1. The molecule has 0 aliphatic heterocycles. The summed E-state index contributed by atoms with van der Waals surface area (Å²) in [6.07, 6.45) is 0. The van der Waals surface area contributed by atoms with Gasteiger partial charge >= 0.3 is 11.9 Å². The highest BCUT2D eigenvalue weighted by Gasteiger charge is 2.15. The van der Waals surface area contributed by atoms with E-state index in [9.17, 15) is 9.59 Å². The third kappa shape index (κ3) is 3.36. The molecule has 0 heterocycles. The zero-order valence-electron chi connectivity index (χ0n) is 10.4. The average molecular weight is 291 g/mol. The van der Waals surface area contributed by atoms with E-state index >= 15 is 0 Å². The molecule has 0 fully saturated rings. The highest BCUT2D eigenvalue weighted by molar-refractivity contribution is 6.33. The topological polar surface area (TPSA) is 63.6 Å². The van der Waals surface area contributed by atoms with Crippen LogP contribution in [0.4, 0.5) is 0 Å². The van der Waals surface area contributed by atoms with Crippen molar-refractivity contribution in [3.63, 3.8) is 0 Å². The molecule has 0 aliphatic rings. The SMILES string of the molecule is O=C(O)c1ccc(Cl)c(C(=O)OCc2ccccc2)c1. The minimum absolute atomic E-state index is 0.0129. The number of rotatable bonds is 4. The molecule has 0 unspecified atom stereocenters. The van der Waals surface area contributed by atoms with Crippen LogP contribution in [0, 0.1) is 0 Å². The maximum Gasteiger partial charge on any atom is 0.340 e. The summed E-state index contributed by atoms with van der Waals surface area (Å²) in [5.41, 5.74) is 0.870. The van der Waals surface area contributed by atoms with Crippen LogP contribution in [0.3, 0.4) is 0 Å². The van der Waals surface area contributed by atoms with Crippen LogP contribution < -0.4 is 0 Å². The Morgan fingerprint density at radius 3 is 2.45 bits per heavy atom. The predicted octanol–water partition coefficient (Wildman–Crippen LogP) is 3.40. The van der Waals surface area contributed by atoms with Crippen LogP contribution in [0.2, 0.25) is 5.02 Å². The zero-order chi connectivity index (χ0) is 14.5. The summed E-state index contributed by atoms with van der Waals surface area (Å²) in [7, 11) is 0. The van der Waals surface area contributed by atoms with Gasteiger partial charge in [-0.2, -0.15) is 0 Å². The summed E-state index contributed by atoms with van der Waals surface area (Å²) in [5, 5.41) is 9.05. The molecule has 2 aromatic carbocycles. The van der Waals surface area contributed by atoms with Gasteiger partial charge in [-0.3, -0.25) is 0 Å². The average Bonchev–Trinajstić information content (AvgIpc) is 2.46. The van der Waals surface area contributed by atoms with Crippen LogP contribution in [0.15, 0.2) is 48.5 Å². The Hall–Kier alpha value is -2.33. The monoisotopic (exact) mass is 290 g/mol. The van der Waals surface area contributed by atoms with Crippen molar-refractivity contribution in [1.82, 2.24) is 0 Å². The Kier molecular flexibility index (Phi) is 4.38. The van der Waals surface area contributed by atoms with E-state index in [1.54, 1.807) is 0 Å². The highest BCUT2D eigenvalue weighted by Crippen LogP contribution is 2.19. The van der Waals surface area contributed by atoms with E-state index < -0.39 is 11.9 Å². The normalized spacial score (nSPS) is 10.1. The number of aromatic carboxylic acids is 1. The molecule has 0 bridgehead atoms. The third-order valence-corrected chi connectivity index (χ3v) is 2.98. The lowest BCUT2D eigenvalue weighted by molar-refractivity contribution is 0.0473. The minimum Gasteiger partial charge on any atom is -0.478 e. The van der Waals surface area contributed by atoms with Gasteiger partial charge in [0.1, 0.15) is 6.61 Å². The number of hydrogen-bond acceptors (Lipinski definition) is 3. The molecule has 4 nitrogen and oxygen atoms in total. The van der Waals surface area contributed by atoms with E-state index in [4.69, 9.17) is 21.4 Å². The molecule has 2 rings (SSSR count). The first-order chi connectivity index (χ1) is 9.58. The molecular weight excluding hydrogens is 280 g/mol. The molecule has 0 saturated heterocycles. The van der Waals surface area contributed by atoms with Crippen LogP contribution in [-0.2, 0) is 11.3 Å². The smallest absolute Gasteiger partial charge is 0.340 e. The molecular formula is C15H11ClO4. The fourth-order valence-electron chi connectivity index (χ4n) is 1.62.